The quantitative estimate of drug-likeness (QED) is 0.572. The Morgan fingerprint density at radius 1 is 1.40 bits per heavy atom. The number of amidine groups is 1. The van der Waals surface area contributed by atoms with E-state index in [0.29, 0.717) is 17.7 Å². The van der Waals surface area contributed by atoms with Crippen molar-refractivity contribution in [1.82, 2.24) is 0 Å². The molecule has 5 heteroatoms. The Bertz CT molecular complexity index is 447. The van der Waals surface area contributed by atoms with E-state index < -0.39 is 0 Å². The molecule has 0 saturated carbocycles. The SMILES string of the molecule is CCC(CC)N(CCOC)c1cc(Cl)ccc1C(=N)N. The van der Waals surface area contributed by atoms with E-state index in [9.17, 15) is 0 Å². The van der Waals surface area contributed by atoms with E-state index in [4.69, 9.17) is 27.5 Å². The molecule has 0 aliphatic rings. The van der Waals surface area contributed by atoms with Gasteiger partial charge >= 0.3 is 0 Å². The summed E-state index contributed by atoms with van der Waals surface area (Å²) in [6, 6.07) is 5.83. The largest absolute Gasteiger partial charge is 0.384 e. The van der Waals surface area contributed by atoms with Gasteiger partial charge in [-0.2, -0.15) is 0 Å². The van der Waals surface area contributed by atoms with Gasteiger partial charge in [-0.1, -0.05) is 25.4 Å². The zero-order valence-corrected chi connectivity index (χ0v) is 13.2. The van der Waals surface area contributed by atoms with Gasteiger partial charge in [0.15, 0.2) is 0 Å². The average Bonchev–Trinajstić information content (AvgIpc) is 2.43. The molecule has 0 amide bonds. The predicted octanol–water partition coefficient (Wildman–Crippen LogP) is 3.27. The molecule has 0 aliphatic heterocycles. The summed E-state index contributed by atoms with van der Waals surface area (Å²) >= 11 is 6.12. The Balaban J connectivity index is 3.23. The second kappa shape index (κ2) is 8.12. The summed E-state index contributed by atoms with van der Waals surface area (Å²) in [5, 5.41) is 8.40. The molecule has 1 aromatic rings. The molecule has 3 N–H and O–H groups in total. The number of nitrogens with zero attached hydrogens (tertiary/aromatic N) is 1. The minimum Gasteiger partial charge on any atom is -0.384 e. The van der Waals surface area contributed by atoms with Gasteiger partial charge in [0.1, 0.15) is 5.84 Å². The molecule has 0 spiro atoms. The summed E-state index contributed by atoms with van der Waals surface area (Å²) in [6.45, 7) is 5.70. The van der Waals surface area contributed by atoms with Crippen LogP contribution in [0.15, 0.2) is 18.2 Å². The first-order valence-corrected chi connectivity index (χ1v) is 7.32. The fourth-order valence-electron chi connectivity index (χ4n) is 2.39. The maximum Gasteiger partial charge on any atom is 0.124 e. The van der Waals surface area contributed by atoms with E-state index in [-0.39, 0.29) is 5.84 Å². The predicted molar refractivity (Wildman–Crippen MR) is 86.1 cm³/mol. The molecule has 0 atom stereocenters. The van der Waals surface area contributed by atoms with Crippen molar-refractivity contribution in [2.75, 3.05) is 25.2 Å². The van der Waals surface area contributed by atoms with Crippen molar-refractivity contribution in [1.29, 1.82) is 5.41 Å². The van der Waals surface area contributed by atoms with Gasteiger partial charge in [0.2, 0.25) is 0 Å². The van der Waals surface area contributed by atoms with Crippen LogP contribution in [-0.2, 0) is 4.74 Å². The lowest BCUT2D eigenvalue weighted by Crippen LogP contribution is -2.38. The van der Waals surface area contributed by atoms with E-state index in [2.05, 4.69) is 18.7 Å². The van der Waals surface area contributed by atoms with Crippen LogP contribution in [0.2, 0.25) is 5.02 Å². The monoisotopic (exact) mass is 297 g/mol. The summed E-state index contributed by atoms with van der Waals surface area (Å²) in [4.78, 5) is 2.24. The van der Waals surface area contributed by atoms with Crippen LogP contribution in [0.4, 0.5) is 5.69 Å². The Hall–Kier alpha value is -1.26. The molecule has 0 radical (unpaired) electrons. The number of nitrogens with two attached hydrogens (primary N) is 1. The van der Waals surface area contributed by atoms with Crippen LogP contribution in [0, 0.1) is 5.41 Å². The van der Waals surface area contributed by atoms with E-state index in [1.807, 2.05) is 12.1 Å². The van der Waals surface area contributed by atoms with Crippen LogP contribution in [0.5, 0.6) is 0 Å². The second-order valence-corrected chi connectivity index (χ2v) is 5.17. The number of nitrogen functional groups attached to an aromatic ring is 1. The first kappa shape index (κ1) is 16.8. The third kappa shape index (κ3) is 4.12. The number of nitrogens with one attached hydrogen (secondary N) is 1. The van der Waals surface area contributed by atoms with Crippen molar-refractivity contribution in [3.63, 3.8) is 0 Å². The molecule has 0 heterocycles. The van der Waals surface area contributed by atoms with Gasteiger partial charge in [-0.3, -0.25) is 5.41 Å². The molecular formula is C15H24ClN3O. The average molecular weight is 298 g/mol. The number of hydrogen-bond donors (Lipinski definition) is 2. The summed E-state index contributed by atoms with van der Waals surface area (Å²) in [7, 11) is 1.69. The van der Waals surface area contributed by atoms with E-state index in [0.717, 1.165) is 30.6 Å². The number of methoxy groups -OCH3 is 1. The van der Waals surface area contributed by atoms with Crippen molar-refractivity contribution < 1.29 is 4.74 Å². The molecule has 0 fully saturated rings. The number of halogens is 1. The van der Waals surface area contributed by atoms with E-state index >= 15 is 0 Å². The summed E-state index contributed by atoms with van der Waals surface area (Å²) in [5.74, 6) is 0.0602. The first-order chi connectivity index (χ1) is 9.54. The van der Waals surface area contributed by atoms with Gasteiger partial charge in [-0.25, -0.2) is 0 Å². The first-order valence-electron chi connectivity index (χ1n) is 6.94. The molecule has 20 heavy (non-hydrogen) atoms. The number of ether oxygens (including phenoxy) is 1. The minimum atomic E-state index is 0.0602. The lowest BCUT2D eigenvalue weighted by atomic mass is 10.1. The smallest absolute Gasteiger partial charge is 0.124 e. The van der Waals surface area contributed by atoms with Gasteiger partial charge in [-0.05, 0) is 31.0 Å². The van der Waals surface area contributed by atoms with Gasteiger partial charge < -0.3 is 15.4 Å². The Labute approximate surface area is 126 Å². The fourth-order valence-corrected chi connectivity index (χ4v) is 2.56. The summed E-state index contributed by atoms with van der Waals surface area (Å²) < 4.78 is 5.20. The molecule has 1 rings (SSSR count). The van der Waals surface area contributed by atoms with Crippen molar-refractivity contribution in [2.45, 2.75) is 32.7 Å². The van der Waals surface area contributed by atoms with Crippen molar-refractivity contribution >= 4 is 23.1 Å². The van der Waals surface area contributed by atoms with Gasteiger partial charge in [0.25, 0.3) is 0 Å². The molecule has 0 bridgehead atoms. The van der Waals surface area contributed by atoms with Crippen LogP contribution in [0.3, 0.4) is 0 Å². The maximum absolute atomic E-state index is 7.75. The Kier molecular flexibility index (Phi) is 6.82. The highest BCUT2D eigenvalue weighted by Gasteiger charge is 2.19. The number of benzene rings is 1. The highest BCUT2D eigenvalue weighted by atomic mass is 35.5. The zero-order valence-electron chi connectivity index (χ0n) is 12.4. The van der Waals surface area contributed by atoms with Crippen LogP contribution in [0.25, 0.3) is 0 Å². The zero-order chi connectivity index (χ0) is 15.1. The van der Waals surface area contributed by atoms with Gasteiger partial charge in [0, 0.05) is 36.0 Å². The molecule has 0 saturated heterocycles. The highest BCUT2D eigenvalue weighted by Crippen LogP contribution is 2.28. The molecular weight excluding hydrogens is 274 g/mol. The van der Waals surface area contributed by atoms with Crippen LogP contribution in [0.1, 0.15) is 32.3 Å². The molecule has 1 aromatic carbocycles. The minimum absolute atomic E-state index is 0.0602. The molecule has 112 valence electrons. The molecule has 4 nitrogen and oxygen atoms in total. The van der Waals surface area contributed by atoms with Gasteiger partial charge in [-0.15, -0.1) is 0 Å². The lowest BCUT2D eigenvalue weighted by Gasteiger charge is -2.34. The van der Waals surface area contributed by atoms with E-state index in [1.165, 1.54) is 0 Å². The van der Waals surface area contributed by atoms with Crippen LogP contribution >= 0.6 is 11.6 Å². The second-order valence-electron chi connectivity index (χ2n) is 4.73. The maximum atomic E-state index is 7.75. The number of rotatable bonds is 8. The highest BCUT2D eigenvalue weighted by molar-refractivity contribution is 6.31. The Morgan fingerprint density at radius 2 is 2.05 bits per heavy atom. The van der Waals surface area contributed by atoms with Gasteiger partial charge in [0.05, 0.1) is 6.61 Å². The summed E-state index contributed by atoms with van der Waals surface area (Å²) in [5.41, 5.74) is 7.33. The standard InChI is InChI=1S/C15H24ClN3O/c1-4-12(5-2)19(8-9-20-3)14-10-11(16)6-7-13(14)15(17)18/h6-7,10,12H,4-5,8-9H2,1-3H3,(H3,17,18). The third-order valence-electron chi connectivity index (χ3n) is 3.48. The Morgan fingerprint density at radius 3 is 2.55 bits per heavy atom. The molecule has 0 aliphatic carbocycles. The fraction of sp³-hybridized carbons (Fsp3) is 0.533. The lowest BCUT2D eigenvalue weighted by molar-refractivity contribution is 0.202. The van der Waals surface area contributed by atoms with Crippen molar-refractivity contribution in [3.05, 3.63) is 28.8 Å². The third-order valence-corrected chi connectivity index (χ3v) is 3.71. The van der Waals surface area contributed by atoms with Crippen LogP contribution < -0.4 is 10.6 Å². The molecule has 0 aromatic heterocycles. The van der Waals surface area contributed by atoms with Crippen molar-refractivity contribution in [2.24, 2.45) is 5.73 Å². The summed E-state index contributed by atoms with van der Waals surface area (Å²) in [6.07, 6.45) is 2.04. The van der Waals surface area contributed by atoms with E-state index in [1.54, 1.807) is 13.2 Å². The molecule has 0 unspecified atom stereocenters. The normalized spacial score (nSPS) is 10.8. The number of hydrogen-bond acceptors (Lipinski definition) is 3. The number of anilines is 1. The van der Waals surface area contributed by atoms with Crippen LogP contribution in [-0.4, -0.2) is 32.1 Å². The van der Waals surface area contributed by atoms with Crippen molar-refractivity contribution in [3.8, 4) is 0 Å². The topological polar surface area (TPSA) is 62.3 Å².